The number of ether oxygens (including phenoxy) is 4. The molecule has 1 unspecified atom stereocenters. The maximum atomic E-state index is 12.1. The molecule has 2 rings (SSSR count). The monoisotopic (exact) mass is 324 g/mol. The molecular weight excluding hydrogens is 300 g/mol. The molecule has 1 amide bonds. The molecule has 0 saturated carbocycles. The predicted molar refractivity (Wildman–Crippen MR) is 86.2 cm³/mol. The Morgan fingerprint density at radius 3 is 2.91 bits per heavy atom. The second-order valence-electron chi connectivity index (χ2n) is 5.19. The molecule has 1 heterocycles. The Balaban J connectivity index is 1.92. The van der Waals surface area contributed by atoms with Gasteiger partial charge in [0.25, 0.3) is 0 Å². The van der Waals surface area contributed by atoms with Gasteiger partial charge in [-0.05, 0) is 12.1 Å². The molecule has 7 heteroatoms. The quantitative estimate of drug-likeness (QED) is 0.696. The number of amides is 1. The van der Waals surface area contributed by atoms with E-state index in [2.05, 4.69) is 10.6 Å². The van der Waals surface area contributed by atoms with Gasteiger partial charge in [0.1, 0.15) is 6.61 Å². The summed E-state index contributed by atoms with van der Waals surface area (Å²) in [6.45, 7) is 2.92. The van der Waals surface area contributed by atoms with Crippen LogP contribution in [0.3, 0.4) is 0 Å². The summed E-state index contributed by atoms with van der Waals surface area (Å²) in [5.41, 5.74) is 0.667. The molecule has 1 aromatic rings. The average molecular weight is 324 g/mol. The third kappa shape index (κ3) is 5.70. The van der Waals surface area contributed by atoms with E-state index in [1.54, 1.807) is 32.4 Å². The molecule has 0 aliphatic carbocycles. The molecule has 0 spiro atoms. The topological polar surface area (TPSA) is 78.1 Å². The molecular formula is C16H24N2O5. The summed E-state index contributed by atoms with van der Waals surface area (Å²) in [6, 6.07) is 5.35. The van der Waals surface area contributed by atoms with Crippen LogP contribution in [0.2, 0.25) is 0 Å². The van der Waals surface area contributed by atoms with Crippen LogP contribution in [0.4, 0.5) is 5.69 Å². The van der Waals surface area contributed by atoms with E-state index >= 15 is 0 Å². The lowest BCUT2D eigenvalue weighted by molar-refractivity contribution is -0.117. The number of carbonyl (C=O) groups excluding carboxylic acids is 1. The van der Waals surface area contributed by atoms with Gasteiger partial charge in [0.2, 0.25) is 5.91 Å². The van der Waals surface area contributed by atoms with E-state index in [0.717, 1.165) is 6.54 Å². The van der Waals surface area contributed by atoms with Crippen molar-refractivity contribution in [2.45, 2.75) is 12.5 Å². The number of hydrogen-bond donors (Lipinski definition) is 2. The van der Waals surface area contributed by atoms with Gasteiger partial charge in [-0.2, -0.15) is 0 Å². The van der Waals surface area contributed by atoms with Gasteiger partial charge in [-0.3, -0.25) is 4.79 Å². The van der Waals surface area contributed by atoms with E-state index in [0.29, 0.717) is 50.0 Å². The Labute approximate surface area is 136 Å². The Kier molecular flexibility index (Phi) is 7.12. The van der Waals surface area contributed by atoms with Gasteiger partial charge in [-0.15, -0.1) is 0 Å². The van der Waals surface area contributed by atoms with Crippen molar-refractivity contribution in [3.8, 4) is 11.5 Å². The van der Waals surface area contributed by atoms with Crippen molar-refractivity contribution in [2.75, 3.05) is 52.5 Å². The molecule has 1 aromatic carbocycles. The van der Waals surface area contributed by atoms with Crippen molar-refractivity contribution < 1.29 is 23.7 Å². The van der Waals surface area contributed by atoms with Crippen LogP contribution >= 0.6 is 0 Å². The molecule has 23 heavy (non-hydrogen) atoms. The minimum atomic E-state index is -0.0685. The summed E-state index contributed by atoms with van der Waals surface area (Å²) in [7, 11) is 3.19. The van der Waals surface area contributed by atoms with Crippen LogP contribution in [0.15, 0.2) is 18.2 Å². The Morgan fingerprint density at radius 2 is 2.22 bits per heavy atom. The molecule has 0 radical (unpaired) electrons. The second kappa shape index (κ2) is 9.34. The number of carbonyl (C=O) groups is 1. The van der Waals surface area contributed by atoms with E-state index in [-0.39, 0.29) is 11.9 Å². The normalized spacial score (nSPS) is 17.6. The summed E-state index contributed by atoms with van der Waals surface area (Å²) >= 11 is 0. The summed E-state index contributed by atoms with van der Waals surface area (Å²) < 4.78 is 21.2. The van der Waals surface area contributed by atoms with Crippen molar-refractivity contribution in [1.29, 1.82) is 0 Å². The van der Waals surface area contributed by atoms with E-state index in [1.807, 2.05) is 0 Å². The smallest absolute Gasteiger partial charge is 0.226 e. The van der Waals surface area contributed by atoms with E-state index in [4.69, 9.17) is 18.9 Å². The SMILES string of the molecule is COCCOc1cc(NC(=O)CC2COCCN2)ccc1OC. The summed E-state index contributed by atoms with van der Waals surface area (Å²) in [5.74, 6) is 1.11. The second-order valence-corrected chi connectivity index (χ2v) is 5.19. The molecule has 1 aliphatic rings. The number of morpholine rings is 1. The van der Waals surface area contributed by atoms with Gasteiger partial charge >= 0.3 is 0 Å². The van der Waals surface area contributed by atoms with Crippen LogP contribution in [0, 0.1) is 0 Å². The summed E-state index contributed by atoms with van der Waals surface area (Å²) in [5, 5.41) is 6.13. The maximum Gasteiger partial charge on any atom is 0.226 e. The zero-order valence-corrected chi connectivity index (χ0v) is 13.6. The van der Waals surface area contributed by atoms with Crippen molar-refractivity contribution in [2.24, 2.45) is 0 Å². The van der Waals surface area contributed by atoms with E-state index in [1.165, 1.54) is 0 Å². The van der Waals surface area contributed by atoms with Gasteiger partial charge in [-0.1, -0.05) is 0 Å². The predicted octanol–water partition coefficient (Wildman–Crippen LogP) is 1.04. The number of hydrogen-bond acceptors (Lipinski definition) is 6. The molecule has 7 nitrogen and oxygen atoms in total. The van der Waals surface area contributed by atoms with Gasteiger partial charge < -0.3 is 29.6 Å². The van der Waals surface area contributed by atoms with Crippen molar-refractivity contribution in [1.82, 2.24) is 5.32 Å². The minimum absolute atomic E-state index is 0.0550. The first-order valence-electron chi connectivity index (χ1n) is 7.63. The zero-order chi connectivity index (χ0) is 16.5. The van der Waals surface area contributed by atoms with Crippen LogP contribution in [0.25, 0.3) is 0 Å². The third-order valence-corrected chi connectivity index (χ3v) is 3.42. The molecule has 2 N–H and O–H groups in total. The Morgan fingerprint density at radius 1 is 1.35 bits per heavy atom. The van der Waals surface area contributed by atoms with E-state index < -0.39 is 0 Å². The number of benzene rings is 1. The Bertz CT molecular complexity index is 503. The zero-order valence-electron chi connectivity index (χ0n) is 13.6. The lowest BCUT2D eigenvalue weighted by Crippen LogP contribution is -2.43. The average Bonchev–Trinajstić information content (AvgIpc) is 2.56. The first-order chi connectivity index (χ1) is 11.2. The number of rotatable bonds is 8. The van der Waals surface area contributed by atoms with Crippen LogP contribution < -0.4 is 20.1 Å². The molecule has 0 aromatic heterocycles. The fourth-order valence-corrected chi connectivity index (χ4v) is 2.29. The van der Waals surface area contributed by atoms with Crippen molar-refractivity contribution in [3.63, 3.8) is 0 Å². The molecule has 1 saturated heterocycles. The highest BCUT2D eigenvalue weighted by molar-refractivity contribution is 5.91. The van der Waals surface area contributed by atoms with Gasteiger partial charge in [0, 0.05) is 37.9 Å². The van der Waals surface area contributed by atoms with Gasteiger partial charge in [0.05, 0.1) is 26.9 Å². The van der Waals surface area contributed by atoms with Crippen LogP contribution in [0.5, 0.6) is 11.5 Å². The molecule has 1 fully saturated rings. The van der Waals surface area contributed by atoms with Gasteiger partial charge in [0.15, 0.2) is 11.5 Å². The first-order valence-corrected chi connectivity index (χ1v) is 7.63. The third-order valence-electron chi connectivity index (χ3n) is 3.42. The van der Waals surface area contributed by atoms with E-state index in [9.17, 15) is 4.79 Å². The van der Waals surface area contributed by atoms with Crippen LogP contribution in [-0.2, 0) is 14.3 Å². The number of anilines is 1. The molecule has 1 atom stereocenters. The lowest BCUT2D eigenvalue weighted by Gasteiger charge is -2.23. The van der Waals surface area contributed by atoms with Crippen molar-refractivity contribution >= 4 is 11.6 Å². The number of methoxy groups -OCH3 is 2. The Hall–Kier alpha value is -1.83. The largest absolute Gasteiger partial charge is 0.493 e. The molecule has 128 valence electrons. The lowest BCUT2D eigenvalue weighted by atomic mass is 10.2. The highest BCUT2D eigenvalue weighted by Gasteiger charge is 2.17. The summed E-state index contributed by atoms with van der Waals surface area (Å²) in [6.07, 6.45) is 0.367. The summed E-state index contributed by atoms with van der Waals surface area (Å²) in [4.78, 5) is 12.1. The fourth-order valence-electron chi connectivity index (χ4n) is 2.29. The highest BCUT2D eigenvalue weighted by atomic mass is 16.5. The standard InChI is InChI=1S/C16H24N2O5/c1-20-7-8-23-15-9-12(3-4-14(15)21-2)18-16(19)10-13-11-22-6-5-17-13/h3-4,9,13,17H,5-8,10-11H2,1-2H3,(H,18,19). The fraction of sp³-hybridized carbons (Fsp3) is 0.562. The minimum Gasteiger partial charge on any atom is -0.493 e. The van der Waals surface area contributed by atoms with Crippen LogP contribution in [-0.4, -0.2) is 59.1 Å². The molecule has 1 aliphatic heterocycles. The first kappa shape index (κ1) is 17.5. The maximum absolute atomic E-state index is 12.1. The van der Waals surface area contributed by atoms with Crippen molar-refractivity contribution in [3.05, 3.63) is 18.2 Å². The number of nitrogens with one attached hydrogen (secondary N) is 2. The molecule has 0 bridgehead atoms. The van der Waals surface area contributed by atoms with Gasteiger partial charge in [-0.25, -0.2) is 0 Å². The van der Waals surface area contributed by atoms with Crippen LogP contribution in [0.1, 0.15) is 6.42 Å². The highest BCUT2D eigenvalue weighted by Crippen LogP contribution is 2.30.